The number of primary amides is 1. The van der Waals surface area contributed by atoms with Gasteiger partial charge in [0, 0.05) is 0 Å². The van der Waals surface area contributed by atoms with Crippen molar-refractivity contribution in [3.63, 3.8) is 0 Å². The van der Waals surface area contributed by atoms with Gasteiger partial charge in [0.05, 0.1) is 6.61 Å². The van der Waals surface area contributed by atoms with E-state index in [1.165, 1.54) is 0 Å². The first-order valence-corrected chi connectivity index (χ1v) is 7.92. The molecule has 0 fully saturated rings. The number of ether oxygens (including phenoxy) is 1. The molecule has 134 valence electrons. The molecule has 2 aromatic carbocycles. The third-order valence-corrected chi connectivity index (χ3v) is 4.06. The van der Waals surface area contributed by atoms with E-state index < -0.39 is 24.2 Å². The van der Waals surface area contributed by atoms with Gasteiger partial charge in [-0.05, 0) is 48.2 Å². The van der Waals surface area contributed by atoms with Gasteiger partial charge < -0.3 is 25.8 Å². The predicted octanol–water partition coefficient (Wildman–Crippen LogP) is 0.757. The number of aliphatic hydroxyl groups is 3. The first kappa shape index (κ1) is 18.9. The van der Waals surface area contributed by atoms with Gasteiger partial charge in [0.25, 0.3) is 5.91 Å². The van der Waals surface area contributed by atoms with Crippen LogP contribution in [0.5, 0.6) is 5.75 Å². The molecule has 0 heterocycles. The molecular weight excluding hydrogens is 322 g/mol. The number of hydrogen-bond donors (Lipinski definition) is 4. The fraction of sp³-hybridized carbons (Fsp3) is 0.316. The number of amides is 1. The van der Waals surface area contributed by atoms with E-state index >= 15 is 0 Å². The number of benzene rings is 2. The second kappa shape index (κ2) is 7.65. The molecule has 1 amide bonds. The second-order valence-electron chi connectivity index (χ2n) is 6.03. The van der Waals surface area contributed by atoms with Crippen molar-refractivity contribution < 1.29 is 24.9 Å². The highest BCUT2D eigenvalue weighted by molar-refractivity contribution is 5.88. The lowest BCUT2D eigenvalue weighted by atomic mass is 9.84. The predicted molar refractivity (Wildman–Crippen MR) is 93.1 cm³/mol. The summed E-state index contributed by atoms with van der Waals surface area (Å²) in [6, 6.07) is 11.8. The molecule has 0 aliphatic rings. The lowest BCUT2D eigenvalue weighted by Crippen LogP contribution is -2.42. The molecule has 0 aliphatic carbocycles. The quantitative estimate of drug-likeness (QED) is 0.592. The standard InChI is InChI=1S/C19H23NO5/c1-12-8-15(9-13(2)17(12)25-11-16(22)10-21)19(24,18(20)23)14-6-4-3-5-7-14/h3-9,16,21-22,24H,10-11H2,1-2H3,(H2,20,23)/t16-,19?/m0/s1. The smallest absolute Gasteiger partial charge is 0.258 e. The first-order valence-electron chi connectivity index (χ1n) is 7.92. The van der Waals surface area contributed by atoms with Crippen molar-refractivity contribution in [1.82, 2.24) is 0 Å². The molecule has 6 heteroatoms. The molecule has 0 bridgehead atoms. The maximum absolute atomic E-state index is 12.1. The Bertz CT molecular complexity index is 724. The Balaban J connectivity index is 2.46. The lowest BCUT2D eigenvalue weighted by Gasteiger charge is -2.27. The molecule has 6 nitrogen and oxygen atoms in total. The van der Waals surface area contributed by atoms with Gasteiger partial charge in [0.2, 0.25) is 0 Å². The van der Waals surface area contributed by atoms with Crippen LogP contribution in [0.2, 0.25) is 0 Å². The molecule has 0 radical (unpaired) electrons. The second-order valence-corrected chi connectivity index (χ2v) is 6.03. The van der Waals surface area contributed by atoms with Crippen LogP contribution >= 0.6 is 0 Å². The van der Waals surface area contributed by atoms with Crippen molar-refractivity contribution in [2.24, 2.45) is 5.73 Å². The summed E-state index contributed by atoms with van der Waals surface area (Å²) >= 11 is 0. The van der Waals surface area contributed by atoms with Crippen molar-refractivity contribution in [1.29, 1.82) is 0 Å². The molecule has 0 aromatic heterocycles. The Morgan fingerprint density at radius 3 is 2.20 bits per heavy atom. The molecule has 0 saturated carbocycles. The minimum Gasteiger partial charge on any atom is -0.490 e. The van der Waals surface area contributed by atoms with Gasteiger partial charge in [-0.1, -0.05) is 30.3 Å². The average molecular weight is 345 g/mol. The minimum absolute atomic E-state index is 0.0592. The zero-order valence-electron chi connectivity index (χ0n) is 14.3. The first-order chi connectivity index (χ1) is 11.8. The van der Waals surface area contributed by atoms with Gasteiger partial charge in [-0.25, -0.2) is 0 Å². The van der Waals surface area contributed by atoms with Gasteiger partial charge in [-0.2, -0.15) is 0 Å². The van der Waals surface area contributed by atoms with Crippen LogP contribution in [0.15, 0.2) is 42.5 Å². The Kier molecular flexibility index (Phi) is 5.79. The fourth-order valence-electron chi connectivity index (χ4n) is 2.75. The zero-order chi connectivity index (χ0) is 18.6. The zero-order valence-corrected chi connectivity index (χ0v) is 14.3. The Morgan fingerprint density at radius 2 is 1.72 bits per heavy atom. The molecule has 25 heavy (non-hydrogen) atoms. The summed E-state index contributed by atoms with van der Waals surface area (Å²) in [5.41, 5.74) is 5.63. The highest BCUT2D eigenvalue weighted by Gasteiger charge is 2.38. The van der Waals surface area contributed by atoms with Crippen LogP contribution in [-0.2, 0) is 10.4 Å². The number of aliphatic hydroxyl groups excluding tert-OH is 2. The number of nitrogens with two attached hydrogens (primary N) is 1. The highest BCUT2D eigenvalue weighted by atomic mass is 16.5. The van der Waals surface area contributed by atoms with Crippen LogP contribution in [-0.4, -0.2) is 40.5 Å². The van der Waals surface area contributed by atoms with Crippen LogP contribution in [0.25, 0.3) is 0 Å². The summed E-state index contributed by atoms with van der Waals surface area (Å²) < 4.78 is 5.55. The number of rotatable bonds is 7. The minimum atomic E-state index is -1.96. The van der Waals surface area contributed by atoms with E-state index in [0.717, 1.165) is 0 Å². The maximum atomic E-state index is 12.1. The summed E-state index contributed by atoms with van der Waals surface area (Å²) in [6.45, 7) is 3.08. The molecule has 2 aromatic rings. The molecule has 0 spiro atoms. The van der Waals surface area contributed by atoms with Crippen LogP contribution < -0.4 is 10.5 Å². The van der Waals surface area contributed by atoms with Crippen LogP contribution in [0, 0.1) is 13.8 Å². The van der Waals surface area contributed by atoms with Crippen LogP contribution in [0.4, 0.5) is 0 Å². The molecule has 0 aliphatic heterocycles. The highest BCUT2D eigenvalue weighted by Crippen LogP contribution is 2.34. The third kappa shape index (κ3) is 3.82. The summed E-state index contributed by atoms with van der Waals surface area (Å²) in [5, 5.41) is 29.3. The third-order valence-electron chi connectivity index (χ3n) is 4.06. The normalized spacial score (nSPS) is 14.6. The summed E-state index contributed by atoms with van der Waals surface area (Å²) in [5.74, 6) is -0.349. The molecule has 0 saturated heterocycles. The van der Waals surface area contributed by atoms with Crippen molar-refractivity contribution in [3.8, 4) is 5.75 Å². The van der Waals surface area contributed by atoms with E-state index in [-0.39, 0.29) is 6.61 Å². The van der Waals surface area contributed by atoms with Crippen molar-refractivity contribution in [2.45, 2.75) is 25.6 Å². The number of hydrogen-bond acceptors (Lipinski definition) is 5. The van der Waals surface area contributed by atoms with E-state index in [1.54, 1.807) is 56.3 Å². The summed E-state index contributed by atoms with van der Waals surface area (Å²) in [6.07, 6.45) is -0.981. The molecule has 5 N–H and O–H groups in total. The number of carbonyl (C=O) groups excluding carboxylic acids is 1. The fourth-order valence-corrected chi connectivity index (χ4v) is 2.75. The Morgan fingerprint density at radius 1 is 1.16 bits per heavy atom. The monoisotopic (exact) mass is 345 g/mol. The summed E-state index contributed by atoms with van der Waals surface area (Å²) in [7, 11) is 0. The van der Waals surface area contributed by atoms with Gasteiger partial charge in [-0.15, -0.1) is 0 Å². The SMILES string of the molecule is Cc1cc(C(O)(C(N)=O)c2ccccc2)cc(C)c1OC[C@@H](O)CO. The molecule has 2 rings (SSSR count). The van der Waals surface area contributed by atoms with Crippen molar-refractivity contribution >= 4 is 5.91 Å². The van der Waals surface area contributed by atoms with Crippen molar-refractivity contribution in [2.75, 3.05) is 13.2 Å². The Hall–Kier alpha value is -2.41. The topological polar surface area (TPSA) is 113 Å². The average Bonchev–Trinajstić information content (AvgIpc) is 2.60. The summed E-state index contributed by atoms with van der Waals surface area (Å²) in [4.78, 5) is 12.1. The molecular formula is C19H23NO5. The van der Waals surface area contributed by atoms with Gasteiger partial charge in [0.1, 0.15) is 18.5 Å². The molecule has 2 atom stereocenters. The van der Waals surface area contributed by atoms with Gasteiger partial charge in [-0.3, -0.25) is 4.79 Å². The largest absolute Gasteiger partial charge is 0.490 e. The number of aryl methyl sites for hydroxylation is 2. The maximum Gasteiger partial charge on any atom is 0.258 e. The van der Waals surface area contributed by atoms with Crippen LogP contribution in [0.1, 0.15) is 22.3 Å². The lowest BCUT2D eigenvalue weighted by molar-refractivity contribution is -0.133. The van der Waals surface area contributed by atoms with E-state index in [2.05, 4.69) is 0 Å². The molecule has 1 unspecified atom stereocenters. The van der Waals surface area contributed by atoms with E-state index in [0.29, 0.717) is 28.0 Å². The van der Waals surface area contributed by atoms with E-state index in [9.17, 15) is 15.0 Å². The van der Waals surface area contributed by atoms with Crippen LogP contribution in [0.3, 0.4) is 0 Å². The Labute approximate surface area is 146 Å². The van der Waals surface area contributed by atoms with Gasteiger partial charge in [0.15, 0.2) is 5.60 Å². The van der Waals surface area contributed by atoms with Crippen molar-refractivity contribution in [3.05, 3.63) is 64.7 Å². The number of carbonyl (C=O) groups is 1. The van der Waals surface area contributed by atoms with E-state index in [1.807, 2.05) is 0 Å². The van der Waals surface area contributed by atoms with E-state index in [4.69, 9.17) is 15.6 Å². The van der Waals surface area contributed by atoms with Gasteiger partial charge >= 0.3 is 0 Å².